The molecule has 3 aromatic rings. The SMILES string of the molecule is Cn1c(CN2C[C@@H]3C(COc4cccc(Cl)c4)[C@@H]3C2)nc2ncccc21. The van der Waals surface area contributed by atoms with Crippen molar-refractivity contribution in [3.63, 3.8) is 0 Å². The molecule has 1 aromatic carbocycles. The summed E-state index contributed by atoms with van der Waals surface area (Å²) in [7, 11) is 2.07. The van der Waals surface area contributed by atoms with E-state index in [0.29, 0.717) is 5.92 Å². The number of fused-ring (bicyclic) bond motifs is 2. The van der Waals surface area contributed by atoms with Gasteiger partial charge in [0.2, 0.25) is 0 Å². The van der Waals surface area contributed by atoms with Crippen LogP contribution in [0.25, 0.3) is 11.2 Å². The fourth-order valence-electron chi connectivity index (χ4n) is 4.28. The van der Waals surface area contributed by atoms with E-state index in [9.17, 15) is 0 Å². The smallest absolute Gasteiger partial charge is 0.177 e. The highest BCUT2D eigenvalue weighted by molar-refractivity contribution is 6.30. The number of hydrogen-bond acceptors (Lipinski definition) is 4. The number of likely N-dealkylation sites (tertiary alicyclic amines) is 1. The molecule has 1 saturated heterocycles. The van der Waals surface area contributed by atoms with Crippen molar-refractivity contribution in [2.45, 2.75) is 6.54 Å². The molecule has 6 heteroatoms. The summed E-state index contributed by atoms with van der Waals surface area (Å²) in [6.07, 6.45) is 1.80. The lowest BCUT2D eigenvalue weighted by Crippen LogP contribution is -2.26. The second-order valence-electron chi connectivity index (χ2n) is 7.39. The number of ether oxygens (including phenoxy) is 1. The Labute approximate surface area is 157 Å². The molecule has 1 aliphatic heterocycles. The lowest BCUT2D eigenvalue weighted by molar-refractivity contribution is 0.226. The van der Waals surface area contributed by atoms with Gasteiger partial charge in [-0.3, -0.25) is 4.90 Å². The number of imidazole rings is 1. The molecular formula is C20H21ClN4O. The zero-order chi connectivity index (χ0) is 17.7. The summed E-state index contributed by atoms with van der Waals surface area (Å²) in [6, 6.07) is 11.7. The second-order valence-corrected chi connectivity index (χ2v) is 7.82. The van der Waals surface area contributed by atoms with Crippen LogP contribution in [0.15, 0.2) is 42.6 Å². The molecule has 3 atom stereocenters. The highest BCUT2D eigenvalue weighted by atomic mass is 35.5. The highest BCUT2D eigenvalue weighted by Gasteiger charge is 2.55. The molecule has 1 aliphatic carbocycles. The second kappa shape index (κ2) is 6.25. The normalized spacial score (nSPS) is 24.8. The van der Waals surface area contributed by atoms with Crippen LogP contribution in [0.5, 0.6) is 5.75 Å². The number of rotatable bonds is 5. The summed E-state index contributed by atoms with van der Waals surface area (Å²) in [6.45, 7) is 3.94. The Morgan fingerprint density at radius 3 is 2.81 bits per heavy atom. The number of aryl methyl sites for hydroxylation is 1. The topological polar surface area (TPSA) is 43.2 Å². The van der Waals surface area contributed by atoms with Gasteiger partial charge in [-0.1, -0.05) is 17.7 Å². The van der Waals surface area contributed by atoms with Crippen LogP contribution in [0.2, 0.25) is 5.02 Å². The van der Waals surface area contributed by atoms with Crippen LogP contribution in [-0.2, 0) is 13.6 Å². The molecule has 134 valence electrons. The first kappa shape index (κ1) is 16.1. The van der Waals surface area contributed by atoms with Gasteiger partial charge in [-0.15, -0.1) is 0 Å². The Kier molecular flexibility index (Phi) is 3.87. The van der Waals surface area contributed by atoms with E-state index in [0.717, 1.165) is 65.8 Å². The first-order valence-electron chi connectivity index (χ1n) is 9.06. The quantitative estimate of drug-likeness (QED) is 0.692. The van der Waals surface area contributed by atoms with Gasteiger partial charge >= 0.3 is 0 Å². The lowest BCUT2D eigenvalue weighted by Gasteiger charge is -2.19. The van der Waals surface area contributed by atoms with Crippen LogP contribution < -0.4 is 4.74 Å². The molecule has 1 unspecified atom stereocenters. The van der Waals surface area contributed by atoms with Crippen molar-refractivity contribution in [2.75, 3.05) is 19.7 Å². The van der Waals surface area contributed by atoms with Gasteiger partial charge < -0.3 is 9.30 Å². The third kappa shape index (κ3) is 2.85. The summed E-state index contributed by atoms with van der Waals surface area (Å²) in [4.78, 5) is 11.6. The molecule has 0 N–H and O–H groups in total. The average molecular weight is 369 g/mol. The maximum Gasteiger partial charge on any atom is 0.177 e. The number of piperidine rings is 1. The number of halogens is 1. The third-order valence-corrected chi connectivity index (χ3v) is 6.04. The summed E-state index contributed by atoms with van der Waals surface area (Å²) in [5.74, 6) is 4.13. The van der Waals surface area contributed by atoms with Crippen molar-refractivity contribution in [1.82, 2.24) is 19.4 Å². The van der Waals surface area contributed by atoms with Gasteiger partial charge in [0.05, 0.1) is 18.7 Å². The molecular weight excluding hydrogens is 348 g/mol. The number of nitrogens with zero attached hydrogens (tertiary/aromatic N) is 4. The Morgan fingerprint density at radius 1 is 1.19 bits per heavy atom. The Morgan fingerprint density at radius 2 is 2.04 bits per heavy atom. The minimum Gasteiger partial charge on any atom is -0.493 e. The summed E-state index contributed by atoms with van der Waals surface area (Å²) >= 11 is 6.01. The maximum atomic E-state index is 6.01. The zero-order valence-corrected chi connectivity index (χ0v) is 15.4. The zero-order valence-electron chi connectivity index (χ0n) is 14.7. The summed E-state index contributed by atoms with van der Waals surface area (Å²) < 4.78 is 8.09. The Balaban J connectivity index is 1.17. The number of aromatic nitrogens is 3. The molecule has 0 bridgehead atoms. The predicted molar refractivity (Wildman–Crippen MR) is 101 cm³/mol. The molecule has 3 heterocycles. The van der Waals surface area contributed by atoms with E-state index in [4.69, 9.17) is 21.3 Å². The first-order chi connectivity index (χ1) is 12.7. The van der Waals surface area contributed by atoms with Crippen LogP contribution in [0.1, 0.15) is 5.82 Å². The van der Waals surface area contributed by atoms with Crippen LogP contribution >= 0.6 is 11.6 Å². The van der Waals surface area contributed by atoms with E-state index >= 15 is 0 Å². The van der Waals surface area contributed by atoms with Crippen molar-refractivity contribution < 1.29 is 4.74 Å². The fourth-order valence-corrected chi connectivity index (χ4v) is 4.46. The fraction of sp³-hybridized carbons (Fsp3) is 0.400. The van der Waals surface area contributed by atoms with Crippen LogP contribution in [0, 0.1) is 17.8 Å². The van der Waals surface area contributed by atoms with Gasteiger partial charge in [0.15, 0.2) is 5.65 Å². The van der Waals surface area contributed by atoms with E-state index < -0.39 is 0 Å². The van der Waals surface area contributed by atoms with E-state index in [1.54, 1.807) is 6.20 Å². The van der Waals surface area contributed by atoms with Gasteiger partial charge in [0, 0.05) is 37.3 Å². The van der Waals surface area contributed by atoms with Crippen LogP contribution in [-0.4, -0.2) is 39.1 Å². The first-order valence-corrected chi connectivity index (χ1v) is 9.44. The number of benzene rings is 1. The molecule has 2 aromatic heterocycles. The number of hydrogen-bond donors (Lipinski definition) is 0. The molecule has 5 rings (SSSR count). The Hall–Kier alpha value is -2.11. The molecule has 2 aliphatic rings. The predicted octanol–water partition coefficient (Wildman–Crippen LogP) is 3.38. The molecule has 0 radical (unpaired) electrons. The molecule has 0 spiro atoms. The average Bonchev–Trinajstić information content (AvgIpc) is 2.96. The third-order valence-electron chi connectivity index (χ3n) is 5.80. The van der Waals surface area contributed by atoms with Gasteiger partial charge in [0.1, 0.15) is 11.6 Å². The number of pyridine rings is 1. The minimum absolute atomic E-state index is 0.673. The van der Waals surface area contributed by atoms with Crippen molar-refractivity contribution in [1.29, 1.82) is 0 Å². The maximum absolute atomic E-state index is 6.01. The van der Waals surface area contributed by atoms with Crippen molar-refractivity contribution in [2.24, 2.45) is 24.8 Å². The van der Waals surface area contributed by atoms with Crippen LogP contribution in [0.3, 0.4) is 0 Å². The van der Waals surface area contributed by atoms with Crippen molar-refractivity contribution in [3.05, 3.63) is 53.4 Å². The molecule has 5 nitrogen and oxygen atoms in total. The van der Waals surface area contributed by atoms with Crippen LogP contribution in [0.4, 0.5) is 0 Å². The van der Waals surface area contributed by atoms with Gasteiger partial charge in [-0.25, -0.2) is 9.97 Å². The summed E-state index contributed by atoms with van der Waals surface area (Å²) in [5.41, 5.74) is 1.93. The molecule has 2 fully saturated rings. The molecule has 0 amide bonds. The largest absolute Gasteiger partial charge is 0.493 e. The van der Waals surface area contributed by atoms with Gasteiger partial charge in [0.25, 0.3) is 0 Å². The Bertz CT molecular complexity index is 944. The minimum atomic E-state index is 0.673. The molecule has 26 heavy (non-hydrogen) atoms. The van der Waals surface area contributed by atoms with Crippen molar-refractivity contribution >= 4 is 22.8 Å². The molecule has 1 saturated carbocycles. The van der Waals surface area contributed by atoms with Crippen molar-refractivity contribution in [3.8, 4) is 5.75 Å². The standard InChI is InChI=1S/C20H21ClN4O/c1-24-18-6-3-7-22-20(18)23-19(24)11-25-9-15-16(10-25)17(15)12-26-14-5-2-4-13(21)8-14/h2-8,15-17H,9-12H2,1H3/t15-,16+,17?. The monoisotopic (exact) mass is 368 g/mol. The van der Waals surface area contributed by atoms with Gasteiger partial charge in [-0.2, -0.15) is 0 Å². The van der Waals surface area contributed by atoms with E-state index in [-0.39, 0.29) is 0 Å². The van der Waals surface area contributed by atoms with Gasteiger partial charge in [-0.05, 0) is 42.2 Å². The van der Waals surface area contributed by atoms with E-state index in [2.05, 4.69) is 27.6 Å². The highest BCUT2D eigenvalue weighted by Crippen LogP contribution is 2.52. The van der Waals surface area contributed by atoms with E-state index in [1.165, 1.54) is 0 Å². The van der Waals surface area contributed by atoms with E-state index in [1.807, 2.05) is 30.3 Å². The summed E-state index contributed by atoms with van der Waals surface area (Å²) in [5, 5.41) is 0.724. The lowest BCUT2D eigenvalue weighted by atomic mass is 10.2.